The molecule has 0 saturated heterocycles. The summed E-state index contributed by atoms with van der Waals surface area (Å²) in [5.74, 6) is -2.42. The molecule has 0 amide bonds. The molecule has 0 aromatic heterocycles. The fourth-order valence-electron chi connectivity index (χ4n) is 1.77. The van der Waals surface area contributed by atoms with Crippen molar-refractivity contribution < 1.29 is 22.0 Å². The van der Waals surface area contributed by atoms with Crippen molar-refractivity contribution in [3.05, 3.63) is 59.7 Å². The van der Waals surface area contributed by atoms with Crippen LogP contribution in [0, 0.1) is 11.6 Å². The van der Waals surface area contributed by atoms with Crippen LogP contribution < -0.4 is 4.72 Å². The predicted octanol–water partition coefficient (Wildman–Crippen LogP) is 2.97. The Labute approximate surface area is 120 Å². The summed E-state index contributed by atoms with van der Waals surface area (Å²) in [4.78, 5) is 10.7. The Kier molecular flexibility index (Phi) is 4.04. The van der Waals surface area contributed by atoms with E-state index in [1.807, 2.05) is 0 Å². The van der Waals surface area contributed by atoms with Crippen LogP contribution in [0.25, 0.3) is 0 Å². The first-order chi connectivity index (χ1) is 9.81. The van der Waals surface area contributed by atoms with E-state index in [0.29, 0.717) is 6.07 Å². The van der Waals surface area contributed by atoms with Crippen LogP contribution in [-0.4, -0.2) is 14.2 Å². The quantitative estimate of drug-likeness (QED) is 0.883. The van der Waals surface area contributed by atoms with Crippen molar-refractivity contribution in [3.63, 3.8) is 0 Å². The van der Waals surface area contributed by atoms with E-state index >= 15 is 0 Å². The van der Waals surface area contributed by atoms with Gasteiger partial charge in [0.15, 0.2) is 5.78 Å². The van der Waals surface area contributed by atoms with Gasteiger partial charge < -0.3 is 0 Å². The lowest BCUT2D eigenvalue weighted by Gasteiger charge is -2.11. The van der Waals surface area contributed by atoms with Crippen LogP contribution >= 0.6 is 0 Å². The summed E-state index contributed by atoms with van der Waals surface area (Å²) in [5, 5.41) is 0. The highest BCUT2D eigenvalue weighted by atomic mass is 32.2. The van der Waals surface area contributed by atoms with Gasteiger partial charge in [-0.2, -0.15) is 0 Å². The number of carbonyl (C=O) groups excluding carboxylic acids is 1. The number of hydrogen-bond acceptors (Lipinski definition) is 3. The SMILES string of the molecule is CC(=O)c1ccccc1NS(=O)(=O)c1ccc(F)cc1F. The highest BCUT2D eigenvalue weighted by Gasteiger charge is 2.21. The zero-order valence-electron chi connectivity index (χ0n) is 10.9. The van der Waals surface area contributed by atoms with Gasteiger partial charge in [0, 0.05) is 11.6 Å². The maximum absolute atomic E-state index is 13.6. The number of carbonyl (C=O) groups is 1. The molecule has 0 saturated carbocycles. The minimum Gasteiger partial charge on any atom is -0.294 e. The fraction of sp³-hybridized carbons (Fsp3) is 0.0714. The van der Waals surface area contributed by atoms with Crippen LogP contribution in [0.15, 0.2) is 47.4 Å². The zero-order chi connectivity index (χ0) is 15.6. The van der Waals surface area contributed by atoms with E-state index in [1.54, 1.807) is 6.07 Å². The van der Waals surface area contributed by atoms with Crippen molar-refractivity contribution in [2.75, 3.05) is 4.72 Å². The summed E-state index contributed by atoms with van der Waals surface area (Å²) in [6, 6.07) is 8.08. The lowest BCUT2D eigenvalue weighted by atomic mass is 10.1. The Morgan fingerprint density at radius 3 is 2.38 bits per heavy atom. The Morgan fingerprint density at radius 1 is 1.10 bits per heavy atom. The van der Waals surface area contributed by atoms with Gasteiger partial charge in [-0.3, -0.25) is 9.52 Å². The molecule has 2 aromatic rings. The molecule has 21 heavy (non-hydrogen) atoms. The van der Waals surface area contributed by atoms with Crippen molar-refractivity contribution in [1.82, 2.24) is 0 Å². The molecule has 0 aliphatic carbocycles. The van der Waals surface area contributed by atoms with Crippen LogP contribution in [0.5, 0.6) is 0 Å². The molecule has 2 aromatic carbocycles. The number of halogens is 2. The molecule has 0 atom stereocenters. The first kappa shape index (κ1) is 15.1. The van der Waals surface area contributed by atoms with Crippen molar-refractivity contribution in [1.29, 1.82) is 0 Å². The average molecular weight is 311 g/mol. The Bertz CT molecular complexity index is 804. The number of hydrogen-bond donors (Lipinski definition) is 1. The number of sulfonamides is 1. The van der Waals surface area contributed by atoms with Crippen LogP contribution in [0.2, 0.25) is 0 Å². The number of benzene rings is 2. The minimum absolute atomic E-state index is 0.0359. The fourth-order valence-corrected chi connectivity index (χ4v) is 2.91. The average Bonchev–Trinajstić information content (AvgIpc) is 2.37. The van der Waals surface area contributed by atoms with E-state index in [4.69, 9.17) is 0 Å². The number of nitrogens with one attached hydrogen (secondary N) is 1. The third-order valence-electron chi connectivity index (χ3n) is 2.73. The first-order valence-electron chi connectivity index (χ1n) is 5.89. The van der Waals surface area contributed by atoms with Gasteiger partial charge in [-0.15, -0.1) is 0 Å². The second-order valence-electron chi connectivity index (χ2n) is 4.28. The molecule has 0 aliphatic heterocycles. The van der Waals surface area contributed by atoms with E-state index in [1.165, 1.54) is 25.1 Å². The highest BCUT2D eigenvalue weighted by molar-refractivity contribution is 7.92. The summed E-state index contributed by atoms with van der Waals surface area (Å²) >= 11 is 0. The maximum Gasteiger partial charge on any atom is 0.264 e. The predicted molar refractivity (Wildman–Crippen MR) is 73.6 cm³/mol. The first-order valence-corrected chi connectivity index (χ1v) is 7.37. The maximum atomic E-state index is 13.6. The van der Waals surface area contributed by atoms with E-state index in [2.05, 4.69) is 4.72 Å². The van der Waals surface area contributed by atoms with Crippen LogP contribution in [0.1, 0.15) is 17.3 Å². The number of Topliss-reactive ketones (excluding diaryl/α,β-unsaturated/α-hetero) is 1. The minimum atomic E-state index is -4.26. The molecule has 7 heteroatoms. The molecule has 0 fully saturated rings. The van der Waals surface area contributed by atoms with Crippen molar-refractivity contribution in [3.8, 4) is 0 Å². The lowest BCUT2D eigenvalue weighted by Crippen LogP contribution is -2.16. The molecule has 1 N–H and O–H groups in total. The lowest BCUT2D eigenvalue weighted by molar-refractivity contribution is 0.101. The van der Waals surface area contributed by atoms with Gasteiger partial charge in [0.25, 0.3) is 10.0 Å². The van der Waals surface area contributed by atoms with Crippen LogP contribution in [0.4, 0.5) is 14.5 Å². The summed E-state index contributed by atoms with van der Waals surface area (Å²) in [6.45, 7) is 1.28. The standard InChI is InChI=1S/C14H11F2NO3S/c1-9(18)11-4-2-3-5-13(11)17-21(19,20)14-7-6-10(15)8-12(14)16/h2-8,17H,1H3. The van der Waals surface area contributed by atoms with Crippen molar-refractivity contribution in [2.24, 2.45) is 0 Å². The molecule has 0 spiro atoms. The summed E-state index contributed by atoms with van der Waals surface area (Å²) in [7, 11) is -4.26. The van der Waals surface area contributed by atoms with Gasteiger partial charge in [-0.1, -0.05) is 12.1 Å². The summed E-state index contributed by atoms with van der Waals surface area (Å²) in [5.41, 5.74) is 0.192. The van der Waals surface area contributed by atoms with Gasteiger partial charge in [-0.05, 0) is 31.2 Å². The number of anilines is 1. The molecule has 0 aliphatic rings. The molecule has 4 nitrogen and oxygen atoms in total. The van der Waals surface area contributed by atoms with Crippen molar-refractivity contribution in [2.45, 2.75) is 11.8 Å². The van der Waals surface area contributed by atoms with Gasteiger partial charge in [0.1, 0.15) is 16.5 Å². The van der Waals surface area contributed by atoms with Gasteiger partial charge in [0.05, 0.1) is 5.69 Å². The Balaban J connectivity index is 2.45. The molecule has 2 rings (SSSR count). The summed E-state index contributed by atoms with van der Waals surface area (Å²) < 4.78 is 52.8. The third kappa shape index (κ3) is 3.25. The van der Waals surface area contributed by atoms with Gasteiger partial charge in [-0.25, -0.2) is 17.2 Å². The number of para-hydroxylation sites is 1. The molecule has 110 valence electrons. The molecule has 0 bridgehead atoms. The van der Waals surface area contributed by atoms with E-state index in [-0.39, 0.29) is 17.0 Å². The molecule has 0 heterocycles. The second kappa shape index (κ2) is 5.61. The zero-order valence-corrected chi connectivity index (χ0v) is 11.7. The van der Waals surface area contributed by atoms with Crippen molar-refractivity contribution >= 4 is 21.5 Å². The normalized spacial score (nSPS) is 11.2. The van der Waals surface area contributed by atoms with Gasteiger partial charge in [0.2, 0.25) is 0 Å². The molecule has 0 unspecified atom stereocenters. The molecule has 0 radical (unpaired) electrons. The summed E-state index contributed by atoms with van der Waals surface area (Å²) in [6.07, 6.45) is 0. The van der Waals surface area contributed by atoms with Crippen LogP contribution in [0.3, 0.4) is 0 Å². The van der Waals surface area contributed by atoms with E-state index in [0.717, 1.165) is 12.1 Å². The third-order valence-corrected chi connectivity index (χ3v) is 4.13. The highest BCUT2D eigenvalue weighted by Crippen LogP contribution is 2.22. The second-order valence-corrected chi connectivity index (χ2v) is 5.93. The van der Waals surface area contributed by atoms with E-state index in [9.17, 15) is 22.0 Å². The topological polar surface area (TPSA) is 63.2 Å². The largest absolute Gasteiger partial charge is 0.294 e. The smallest absolute Gasteiger partial charge is 0.264 e. The van der Waals surface area contributed by atoms with Gasteiger partial charge >= 0.3 is 0 Å². The number of ketones is 1. The Morgan fingerprint density at radius 2 is 1.76 bits per heavy atom. The molecular formula is C14H11F2NO3S. The van der Waals surface area contributed by atoms with Crippen LogP contribution in [-0.2, 0) is 10.0 Å². The Hall–Kier alpha value is -2.28. The van der Waals surface area contributed by atoms with E-state index < -0.39 is 26.6 Å². The monoisotopic (exact) mass is 311 g/mol. The molecular weight excluding hydrogens is 300 g/mol. The number of rotatable bonds is 4.